The number of carbonyl (C=O) groups excluding carboxylic acids is 1. The van der Waals surface area contributed by atoms with Gasteiger partial charge in [0.15, 0.2) is 16.6 Å². The van der Waals surface area contributed by atoms with Crippen LogP contribution in [0.1, 0.15) is 10.4 Å². The van der Waals surface area contributed by atoms with E-state index in [1.165, 1.54) is 11.3 Å². The van der Waals surface area contributed by atoms with E-state index in [2.05, 4.69) is 15.3 Å². The van der Waals surface area contributed by atoms with Crippen LogP contribution in [0.15, 0.2) is 35.8 Å². The molecule has 0 atom stereocenters. The van der Waals surface area contributed by atoms with Crippen molar-refractivity contribution in [3.05, 3.63) is 41.4 Å². The van der Waals surface area contributed by atoms with Crippen molar-refractivity contribution < 1.29 is 14.3 Å². The SMILES string of the molecule is O=C(Nc1nc2ccc3ncsc3c2s1)c1ccc2c(c1)OCO2. The summed E-state index contributed by atoms with van der Waals surface area (Å²) in [5.74, 6) is 1.00. The van der Waals surface area contributed by atoms with Gasteiger partial charge in [-0.1, -0.05) is 11.3 Å². The quantitative estimate of drug-likeness (QED) is 0.590. The van der Waals surface area contributed by atoms with Crippen LogP contribution in [0.25, 0.3) is 20.4 Å². The molecule has 3 heterocycles. The van der Waals surface area contributed by atoms with E-state index in [1.807, 2.05) is 17.6 Å². The summed E-state index contributed by atoms with van der Waals surface area (Å²) in [6.07, 6.45) is 0. The third-order valence-corrected chi connectivity index (χ3v) is 5.70. The van der Waals surface area contributed by atoms with Gasteiger partial charge in [0.25, 0.3) is 5.91 Å². The Morgan fingerprint density at radius 3 is 2.92 bits per heavy atom. The van der Waals surface area contributed by atoms with E-state index in [9.17, 15) is 4.79 Å². The highest BCUT2D eigenvalue weighted by atomic mass is 32.1. The molecular formula is C16H9N3O3S2. The topological polar surface area (TPSA) is 73.3 Å². The zero-order valence-electron chi connectivity index (χ0n) is 12.1. The van der Waals surface area contributed by atoms with Crippen molar-refractivity contribution in [1.82, 2.24) is 9.97 Å². The van der Waals surface area contributed by atoms with Gasteiger partial charge in [0.1, 0.15) is 0 Å². The highest BCUT2D eigenvalue weighted by molar-refractivity contribution is 7.28. The molecule has 0 fully saturated rings. The fraction of sp³-hybridized carbons (Fsp3) is 0.0625. The van der Waals surface area contributed by atoms with Gasteiger partial charge in [-0.2, -0.15) is 0 Å². The van der Waals surface area contributed by atoms with Gasteiger partial charge in [-0.05, 0) is 30.3 Å². The van der Waals surface area contributed by atoms with Crippen LogP contribution in [0.3, 0.4) is 0 Å². The van der Waals surface area contributed by atoms with Crippen LogP contribution in [0, 0.1) is 0 Å². The number of rotatable bonds is 2. The van der Waals surface area contributed by atoms with E-state index in [1.54, 1.807) is 29.5 Å². The molecule has 0 radical (unpaired) electrons. The van der Waals surface area contributed by atoms with Gasteiger partial charge in [0.05, 0.1) is 25.9 Å². The number of hydrogen-bond acceptors (Lipinski definition) is 7. The lowest BCUT2D eigenvalue weighted by atomic mass is 10.2. The minimum absolute atomic E-state index is 0.184. The van der Waals surface area contributed by atoms with Gasteiger partial charge >= 0.3 is 0 Å². The Morgan fingerprint density at radius 1 is 1.08 bits per heavy atom. The molecule has 118 valence electrons. The zero-order chi connectivity index (χ0) is 16.1. The third-order valence-electron chi connectivity index (χ3n) is 3.71. The molecule has 1 aliphatic heterocycles. The number of benzene rings is 2. The van der Waals surface area contributed by atoms with Crippen molar-refractivity contribution >= 4 is 54.1 Å². The lowest BCUT2D eigenvalue weighted by Crippen LogP contribution is -2.11. The summed E-state index contributed by atoms with van der Waals surface area (Å²) in [4.78, 5) is 21.2. The summed E-state index contributed by atoms with van der Waals surface area (Å²) in [6, 6.07) is 8.97. The number of nitrogens with one attached hydrogen (secondary N) is 1. The Balaban J connectivity index is 1.48. The first-order valence-electron chi connectivity index (χ1n) is 7.12. The third kappa shape index (κ3) is 2.11. The number of amides is 1. The number of aromatic nitrogens is 2. The molecule has 4 aromatic rings. The highest BCUT2D eigenvalue weighted by Gasteiger charge is 2.17. The Morgan fingerprint density at radius 2 is 1.96 bits per heavy atom. The van der Waals surface area contributed by atoms with E-state index >= 15 is 0 Å². The monoisotopic (exact) mass is 355 g/mol. The molecule has 2 aromatic heterocycles. The van der Waals surface area contributed by atoms with Crippen LogP contribution in [0.2, 0.25) is 0 Å². The van der Waals surface area contributed by atoms with Gasteiger partial charge in [-0.15, -0.1) is 11.3 Å². The standard InChI is InChI=1S/C16H9N3O3S2/c20-15(8-1-4-11-12(5-8)22-7-21-11)19-16-18-10-3-2-9-13(14(10)24-16)23-6-17-9/h1-6H,7H2,(H,18,19,20). The first-order valence-corrected chi connectivity index (χ1v) is 8.81. The van der Waals surface area contributed by atoms with Crippen LogP contribution in [0.5, 0.6) is 11.5 Å². The maximum atomic E-state index is 12.5. The second-order valence-corrected chi connectivity index (χ2v) is 7.01. The Bertz CT molecular complexity index is 1100. The molecule has 2 aromatic carbocycles. The molecule has 24 heavy (non-hydrogen) atoms. The average Bonchev–Trinajstić information content (AvgIpc) is 3.31. The summed E-state index contributed by atoms with van der Waals surface area (Å²) >= 11 is 3.03. The molecule has 0 saturated heterocycles. The number of thiazole rings is 2. The minimum atomic E-state index is -0.229. The van der Waals surface area contributed by atoms with Crippen LogP contribution in [0.4, 0.5) is 5.13 Å². The van der Waals surface area contributed by atoms with Gasteiger partial charge in [0.2, 0.25) is 6.79 Å². The molecule has 0 aliphatic carbocycles. The van der Waals surface area contributed by atoms with E-state index < -0.39 is 0 Å². The molecule has 5 rings (SSSR count). The van der Waals surface area contributed by atoms with E-state index in [0.717, 1.165) is 20.4 Å². The number of anilines is 1. The highest BCUT2D eigenvalue weighted by Crippen LogP contribution is 2.35. The van der Waals surface area contributed by atoms with Gasteiger partial charge in [-0.25, -0.2) is 9.97 Å². The van der Waals surface area contributed by atoms with Gasteiger partial charge in [0, 0.05) is 5.56 Å². The van der Waals surface area contributed by atoms with Gasteiger partial charge < -0.3 is 9.47 Å². The molecular weight excluding hydrogens is 346 g/mol. The van der Waals surface area contributed by atoms with Crippen molar-refractivity contribution in [1.29, 1.82) is 0 Å². The average molecular weight is 355 g/mol. The lowest BCUT2D eigenvalue weighted by molar-refractivity contribution is 0.102. The first kappa shape index (κ1) is 13.7. The molecule has 6 nitrogen and oxygen atoms in total. The zero-order valence-corrected chi connectivity index (χ0v) is 13.7. The fourth-order valence-corrected chi connectivity index (χ4v) is 4.46. The number of ether oxygens (including phenoxy) is 2. The normalized spacial score (nSPS) is 12.8. The summed E-state index contributed by atoms with van der Waals surface area (Å²) in [5, 5.41) is 3.42. The Labute approximate surface area is 143 Å². The van der Waals surface area contributed by atoms with Gasteiger partial charge in [-0.3, -0.25) is 10.1 Å². The smallest absolute Gasteiger partial charge is 0.257 e. The van der Waals surface area contributed by atoms with Crippen LogP contribution in [-0.4, -0.2) is 22.7 Å². The second-order valence-electron chi connectivity index (χ2n) is 5.16. The number of fused-ring (bicyclic) bond motifs is 4. The summed E-state index contributed by atoms with van der Waals surface area (Å²) in [5.41, 5.74) is 4.12. The number of carbonyl (C=O) groups is 1. The van der Waals surface area contributed by atoms with Crippen molar-refractivity contribution in [2.45, 2.75) is 0 Å². The van der Waals surface area contributed by atoms with Crippen molar-refractivity contribution in [2.24, 2.45) is 0 Å². The molecule has 0 saturated carbocycles. The fourth-order valence-electron chi connectivity index (χ4n) is 2.57. The van der Waals surface area contributed by atoms with E-state index in [0.29, 0.717) is 22.2 Å². The summed E-state index contributed by atoms with van der Waals surface area (Å²) < 4.78 is 12.7. The number of nitrogens with zero attached hydrogens (tertiary/aromatic N) is 2. The van der Waals surface area contributed by atoms with Crippen molar-refractivity contribution in [3.8, 4) is 11.5 Å². The van der Waals surface area contributed by atoms with Crippen molar-refractivity contribution in [2.75, 3.05) is 12.1 Å². The molecule has 1 N–H and O–H groups in total. The summed E-state index contributed by atoms with van der Waals surface area (Å²) in [7, 11) is 0. The lowest BCUT2D eigenvalue weighted by Gasteiger charge is -2.02. The maximum Gasteiger partial charge on any atom is 0.257 e. The minimum Gasteiger partial charge on any atom is -0.454 e. The molecule has 0 spiro atoms. The second kappa shape index (κ2) is 5.15. The van der Waals surface area contributed by atoms with Crippen LogP contribution in [-0.2, 0) is 0 Å². The predicted molar refractivity (Wildman–Crippen MR) is 93.3 cm³/mol. The molecule has 8 heteroatoms. The Hall–Kier alpha value is -2.71. The number of hydrogen-bond donors (Lipinski definition) is 1. The van der Waals surface area contributed by atoms with Crippen molar-refractivity contribution in [3.63, 3.8) is 0 Å². The van der Waals surface area contributed by atoms with Crippen LogP contribution < -0.4 is 14.8 Å². The first-order chi connectivity index (χ1) is 11.8. The van der Waals surface area contributed by atoms with E-state index in [-0.39, 0.29) is 12.7 Å². The molecule has 0 unspecified atom stereocenters. The molecule has 0 bridgehead atoms. The Kier molecular flexibility index (Phi) is 2.94. The van der Waals surface area contributed by atoms with Crippen LogP contribution >= 0.6 is 22.7 Å². The largest absolute Gasteiger partial charge is 0.454 e. The molecule has 1 aliphatic rings. The van der Waals surface area contributed by atoms with E-state index in [4.69, 9.17) is 9.47 Å². The molecule has 1 amide bonds. The predicted octanol–water partition coefficient (Wildman–Crippen LogP) is 3.89. The maximum absolute atomic E-state index is 12.5. The summed E-state index contributed by atoms with van der Waals surface area (Å²) in [6.45, 7) is 0.184.